The third-order valence-corrected chi connectivity index (χ3v) is 3.74. The number of rotatable bonds is 9. The van der Waals surface area contributed by atoms with Crippen molar-refractivity contribution >= 4 is 23.3 Å². The first-order chi connectivity index (χ1) is 11.6. The Morgan fingerprint density at radius 3 is 2.42 bits per heavy atom. The minimum atomic E-state index is -0.940. The SMILES string of the molecule is C=CCN(CCCOc1ccc(C(=O)O)cc1)c1ccc(Cl)cc1. The van der Waals surface area contributed by atoms with Crippen LogP contribution in [0, 0.1) is 0 Å². The van der Waals surface area contributed by atoms with Crippen molar-refractivity contribution in [1.82, 2.24) is 0 Å². The van der Waals surface area contributed by atoms with Crippen molar-refractivity contribution in [2.75, 3.05) is 24.6 Å². The molecule has 2 rings (SSSR count). The summed E-state index contributed by atoms with van der Waals surface area (Å²) in [5.74, 6) is -0.272. The van der Waals surface area contributed by atoms with E-state index in [-0.39, 0.29) is 5.56 Å². The number of carboxylic acid groups (broad SMARTS) is 1. The first-order valence-electron chi connectivity index (χ1n) is 7.67. The Bertz CT molecular complexity index is 668. The summed E-state index contributed by atoms with van der Waals surface area (Å²) in [7, 11) is 0. The lowest BCUT2D eigenvalue weighted by atomic mass is 10.2. The molecule has 5 heteroatoms. The molecule has 0 amide bonds. The van der Waals surface area contributed by atoms with Crippen LogP contribution in [0.5, 0.6) is 5.75 Å². The van der Waals surface area contributed by atoms with Gasteiger partial charge in [0.05, 0.1) is 12.2 Å². The lowest BCUT2D eigenvalue weighted by molar-refractivity contribution is 0.0697. The number of hydrogen-bond donors (Lipinski definition) is 1. The second kappa shape index (κ2) is 8.99. The molecule has 0 saturated carbocycles. The highest BCUT2D eigenvalue weighted by molar-refractivity contribution is 6.30. The fourth-order valence-corrected chi connectivity index (χ4v) is 2.40. The van der Waals surface area contributed by atoms with Crippen molar-refractivity contribution in [2.45, 2.75) is 6.42 Å². The highest BCUT2D eigenvalue weighted by atomic mass is 35.5. The van der Waals surface area contributed by atoms with Crippen LogP contribution in [0.25, 0.3) is 0 Å². The van der Waals surface area contributed by atoms with E-state index in [0.717, 1.165) is 25.2 Å². The van der Waals surface area contributed by atoms with Gasteiger partial charge in [0, 0.05) is 23.8 Å². The van der Waals surface area contributed by atoms with E-state index in [4.69, 9.17) is 21.4 Å². The number of carboxylic acids is 1. The van der Waals surface area contributed by atoms with E-state index in [9.17, 15) is 4.79 Å². The Balaban J connectivity index is 1.83. The lowest BCUT2D eigenvalue weighted by Crippen LogP contribution is -2.25. The van der Waals surface area contributed by atoms with Gasteiger partial charge in [0.25, 0.3) is 0 Å². The van der Waals surface area contributed by atoms with Crippen molar-refractivity contribution in [3.63, 3.8) is 0 Å². The molecule has 2 aromatic rings. The van der Waals surface area contributed by atoms with Crippen molar-refractivity contribution in [3.05, 3.63) is 71.8 Å². The highest BCUT2D eigenvalue weighted by Crippen LogP contribution is 2.18. The standard InChI is InChI=1S/C19H20ClNO3/c1-2-12-21(17-8-6-16(20)7-9-17)13-3-14-24-18-10-4-15(5-11-18)19(22)23/h2,4-11H,1,3,12-14H2,(H,22,23). The second-order valence-corrected chi connectivity index (χ2v) is 5.68. The van der Waals surface area contributed by atoms with Crippen molar-refractivity contribution in [1.29, 1.82) is 0 Å². The lowest BCUT2D eigenvalue weighted by Gasteiger charge is -2.23. The van der Waals surface area contributed by atoms with Gasteiger partial charge in [-0.05, 0) is 55.0 Å². The van der Waals surface area contributed by atoms with Crippen LogP contribution in [-0.4, -0.2) is 30.8 Å². The third-order valence-electron chi connectivity index (χ3n) is 3.48. The van der Waals surface area contributed by atoms with Crippen LogP contribution >= 0.6 is 11.6 Å². The van der Waals surface area contributed by atoms with Crippen molar-refractivity contribution < 1.29 is 14.6 Å². The molecular formula is C19H20ClNO3. The number of ether oxygens (including phenoxy) is 1. The number of aromatic carboxylic acids is 1. The van der Waals surface area contributed by atoms with E-state index in [1.807, 2.05) is 30.3 Å². The summed E-state index contributed by atoms with van der Waals surface area (Å²) in [5.41, 5.74) is 1.34. The fraction of sp³-hybridized carbons (Fsp3) is 0.211. The number of hydrogen-bond acceptors (Lipinski definition) is 3. The van der Waals surface area contributed by atoms with Crippen molar-refractivity contribution in [2.24, 2.45) is 0 Å². The van der Waals surface area contributed by atoms with Crippen LogP contribution in [-0.2, 0) is 0 Å². The molecule has 0 aliphatic carbocycles. The monoisotopic (exact) mass is 345 g/mol. The van der Waals surface area contributed by atoms with Crippen LogP contribution in [0.4, 0.5) is 5.69 Å². The van der Waals surface area contributed by atoms with Gasteiger partial charge in [-0.3, -0.25) is 0 Å². The number of anilines is 1. The quantitative estimate of drug-likeness (QED) is 0.537. The zero-order chi connectivity index (χ0) is 17.4. The van der Waals surface area contributed by atoms with E-state index >= 15 is 0 Å². The predicted molar refractivity (Wildman–Crippen MR) is 97.4 cm³/mol. The van der Waals surface area contributed by atoms with Gasteiger partial charge in [0.1, 0.15) is 5.75 Å². The molecule has 0 atom stereocenters. The molecule has 0 aromatic heterocycles. The second-order valence-electron chi connectivity index (χ2n) is 5.24. The molecule has 2 aromatic carbocycles. The maximum atomic E-state index is 10.8. The maximum Gasteiger partial charge on any atom is 0.335 e. The molecule has 0 spiro atoms. The average Bonchev–Trinajstić information content (AvgIpc) is 2.59. The molecule has 0 aliphatic heterocycles. The fourth-order valence-electron chi connectivity index (χ4n) is 2.27. The molecule has 24 heavy (non-hydrogen) atoms. The Hall–Kier alpha value is -2.46. The molecule has 0 fully saturated rings. The van der Waals surface area contributed by atoms with Crippen molar-refractivity contribution in [3.8, 4) is 5.75 Å². The number of nitrogens with zero attached hydrogens (tertiary/aromatic N) is 1. The minimum absolute atomic E-state index is 0.252. The van der Waals surface area contributed by atoms with Crippen LogP contribution in [0.15, 0.2) is 61.2 Å². The summed E-state index contributed by atoms with van der Waals surface area (Å²) in [6, 6.07) is 14.1. The summed E-state index contributed by atoms with van der Waals surface area (Å²) >= 11 is 5.92. The molecule has 0 bridgehead atoms. The predicted octanol–water partition coefficient (Wildman–Crippen LogP) is 4.50. The largest absolute Gasteiger partial charge is 0.494 e. The van der Waals surface area contributed by atoms with Gasteiger partial charge in [-0.15, -0.1) is 6.58 Å². The van der Waals surface area contributed by atoms with Gasteiger partial charge in [-0.1, -0.05) is 17.7 Å². The first kappa shape index (κ1) is 17.9. The average molecular weight is 346 g/mol. The zero-order valence-corrected chi connectivity index (χ0v) is 14.1. The summed E-state index contributed by atoms with van der Waals surface area (Å²) in [5, 5.41) is 9.58. The van der Waals surface area contributed by atoms with Crippen LogP contribution in [0.2, 0.25) is 5.02 Å². The van der Waals surface area contributed by atoms with Gasteiger partial charge >= 0.3 is 5.97 Å². The number of halogens is 1. The zero-order valence-electron chi connectivity index (χ0n) is 13.3. The van der Waals surface area contributed by atoms with Crippen LogP contribution < -0.4 is 9.64 Å². The van der Waals surface area contributed by atoms with E-state index in [1.54, 1.807) is 12.1 Å². The smallest absolute Gasteiger partial charge is 0.335 e. The topological polar surface area (TPSA) is 49.8 Å². The van der Waals surface area contributed by atoms with Gasteiger partial charge in [-0.2, -0.15) is 0 Å². The van der Waals surface area contributed by atoms with Crippen LogP contribution in [0.3, 0.4) is 0 Å². The normalized spacial score (nSPS) is 10.2. The molecule has 0 aliphatic rings. The molecule has 126 valence electrons. The summed E-state index contributed by atoms with van der Waals surface area (Å²) in [6.07, 6.45) is 2.69. The van der Waals surface area contributed by atoms with E-state index < -0.39 is 5.97 Å². The van der Waals surface area contributed by atoms with Gasteiger partial charge < -0.3 is 14.7 Å². The van der Waals surface area contributed by atoms with E-state index in [2.05, 4.69) is 11.5 Å². The van der Waals surface area contributed by atoms with E-state index in [1.165, 1.54) is 12.1 Å². The molecule has 0 radical (unpaired) electrons. The number of benzene rings is 2. The highest BCUT2D eigenvalue weighted by Gasteiger charge is 2.05. The van der Waals surface area contributed by atoms with Crippen LogP contribution in [0.1, 0.15) is 16.8 Å². The first-order valence-corrected chi connectivity index (χ1v) is 8.05. The molecule has 0 heterocycles. The molecule has 0 unspecified atom stereocenters. The van der Waals surface area contributed by atoms with E-state index in [0.29, 0.717) is 17.4 Å². The maximum absolute atomic E-state index is 10.8. The summed E-state index contributed by atoms with van der Waals surface area (Å²) in [6.45, 7) is 5.91. The van der Waals surface area contributed by atoms with Gasteiger partial charge in [-0.25, -0.2) is 4.79 Å². The Morgan fingerprint density at radius 2 is 1.83 bits per heavy atom. The Morgan fingerprint density at radius 1 is 1.17 bits per heavy atom. The molecular weight excluding hydrogens is 326 g/mol. The molecule has 4 nitrogen and oxygen atoms in total. The number of carbonyl (C=O) groups is 1. The summed E-state index contributed by atoms with van der Waals surface area (Å²) < 4.78 is 5.66. The summed E-state index contributed by atoms with van der Waals surface area (Å²) in [4.78, 5) is 13.0. The Labute approximate surface area is 146 Å². The molecule has 0 saturated heterocycles. The third kappa shape index (κ3) is 5.32. The molecule has 1 N–H and O–H groups in total. The van der Waals surface area contributed by atoms with Gasteiger partial charge in [0.2, 0.25) is 0 Å². The van der Waals surface area contributed by atoms with Gasteiger partial charge in [0.15, 0.2) is 0 Å². The Kier molecular flexibility index (Phi) is 6.70. The minimum Gasteiger partial charge on any atom is -0.494 e.